The topological polar surface area (TPSA) is 12.0 Å². The molecule has 0 aliphatic heterocycles. The van der Waals surface area contributed by atoms with Crippen LogP contribution in [0.1, 0.15) is 23.6 Å². The fourth-order valence-electron chi connectivity index (χ4n) is 2.63. The Labute approximate surface area is 144 Å². The Morgan fingerprint density at radius 3 is 2.38 bits per heavy atom. The van der Waals surface area contributed by atoms with Crippen molar-refractivity contribution in [2.24, 2.45) is 0 Å². The number of benzene rings is 2. The second kappa shape index (κ2) is 8.56. The second-order valence-electron chi connectivity index (χ2n) is 5.58. The molecule has 3 heteroatoms. The Hall–Kier alpha value is -3.04. The van der Waals surface area contributed by atoms with Gasteiger partial charge >= 0.3 is 5.82 Å². The number of nitrogens with zero attached hydrogens (tertiary/aromatic N) is 3. The molecule has 120 valence electrons. The van der Waals surface area contributed by atoms with Gasteiger partial charge in [-0.3, -0.25) is 0 Å². The maximum atomic E-state index is 6.99. The lowest BCUT2D eigenvalue weighted by molar-refractivity contribution is 0.808. The van der Waals surface area contributed by atoms with E-state index in [0.29, 0.717) is 0 Å². The van der Waals surface area contributed by atoms with E-state index in [0.717, 1.165) is 30.6 Å². The molecule has 0 saturated heterocycles. The number of aryl methyl sites for hydroxylation is 1. The van der Waals surface area contributed by atoms with Crippen LogP contribution in [0.5, 0.6) is 0 Å². The molecule has 0 bridgehead atoms. The normalized spacial score (nSPS) is 9.67. The standard InChI is InChI=1S/C21H21N3/c1-5-24(14-13-18-9-7-6-8-10-18)20-12-11-19(17(2)15-20)16-21(22-3)23-4/h6-12,15-16H,5,13-14H2,1-2H3. The Morgan fingerprint density at radius 2 is 1.79 bits per heavy atom. The van der Waals surface area contributed by atoms with Crippen LogP contribution in [0, 0.1) is 20.1 Å². The van der Waals surface area contributed by atoms with Gasteiger partial charge in [0.15, 0.2) is 0 Å². The van der Waals surface area contributed by atoms with Gasteiger partial charge in [0.05, 0.1) is 0 Å². The minimum absolute atomic E-state index is 0.0993. The van der Waals surface area contributed by atoms with Crippen LogP contribution in [0.15, 0.2) is 54.4 Å². The van der Waals surface area contributed by atoms with E-state index < -0.39 is 0 Å². The maximum absolute atomic E-state index is 6.99. The molecule has 0 unspecified atom stereocenters. The molecule has 3 nitrogen and oxygen atoms in total. The summed E-state index contributed by atoms with van der Waals surface area (Å²) in [5, 5.41) is 0. The van der Waals surface area contributed by atoms with Crippen LogP contribution in [0.2, 0.25) is 0 Å². The number of likely N-dealkylation sites (N-methyl/N-ethyl adjacent to an activating group) is 1. The fourth-order valence-corrected chi connectivity index (χ4v) is 2.63. The lowest BCUT2D eigenvalue weighted by Gasteiger charge is -2.24. The molecule has 24 heavy (non-hydrogen) atoms. The molecule has 2 aromatic rings. The Bertz CT molecular complexity index is 776. The van der Waals surface area contributed by atoms with E-state index in [9.17, 15) is 0 Å². The summed E-state index contributed by atoms with van der Waals surface area (Å²) in [6.07, 6.45) is 2.66. The van der Waals surface area contributed by atoms with Gasteiger partial charge in [-0.25, -0.2) is 0 Å². The molecule has 0 heterocycles. The SMILES string of the molecule is [C-]#[N+]C(=Cc1ccc(N(CC)CCc2ccccc2)cc1C)[N+]#[C-]. The summed E-state index contributed by atoms with van der Waals surface area (Å²) in [4.78, 5) is 8.80. The predicted octanol–water partition coefficient (Wildman–Crippen LogP) is 5.20. The minimum Gasteiger partial charge on any atom is -0.371 e. The largest absolute Gasteiger partial charge is 0.519 e. The Balaban J connectivity index is 2.15. The van der Waals surface area contributed by atoms with Crippen LogP contribution in [-0.2, 0) is 6.42 Å². The van der Waals surface area contributed by atoms with Gasteiger partial charge in [-0.2, -0.15) is 9.69 Å². The molecule has 0 aromatic heterocycles. The lowest BCUT2D eigenvalue weighted by atomic mass is 10.1. The van der Waals surface area contributed by atoms with Crippen molar-refractivity contribution in [2.45, 2.75) is 20.3 Å². The summed E-state index contributed by atoms with van der Waals surface area (Å²) in [7, 11) is 0. The van der Waals surface area contributed by atoms with Crippen LogP contribution in [0.25, 0.3) is 15.8 Å². The van der Waals surface area contributed by atoms with E-state index in [4.69, 9.17) is 13.1 Å². The van der Waals surface area contributed by atoms with Gasteiger partial charge in [-0.05, 0) is 49.1 Å². The van der Waals surface area contributed by atoms with Gasteiger partial charge in [0.1, 0.15) is 13.1 Å². The highest BCUT2D eigenvalue weighted by atomic mass is 15.1. The average molecular weight is 315 g/mol. The quantitative estimate of drug-likeness (QED) is 0.667. The second-order valence-corrected chi connectivity index (χ2v) is 5.58. The first-order valence-corrected chi connectivity index (χ1v) is 8.04. The van der Waals surface area contributed by atoms with Crippen molar-refractivity contribution in [1.29, 1.82) is 0 Å². The van der Waals surface area contributed by atoms with Crippen molar-refractivity contribution in [2.75, 3.05) is 18.0 Å². The Kier molecular flexibility index (Phi) is 6.17. The summed E-state index contributed by atoms with van der Waals surface area (Å²) in [6, 6.07) is 16.7. The van der Waals surface area contributed by atoms with E-state index in [1.54, 1.807) is 6.08 Å². The van der Waals surface area contributed by atoms with Gasteiger partial charge < -0.3 is 4.90 Å². The third-order valence-electron chi connectivity index (χ3n) is 4.03. The van der Waals surface area contributed by atoms with Gasteiger partial charge in [0, 0.05) is 24.9 Å². The van der Waals surface area contributed by atoms with Gasteiger partial charge in [0.25, 0.3) is 0 Å². The average Bonchev–Trinajstić information content (AvgIpc) is 2.62. The Morgan fingerprint density at radius 1 is 1.08 bits per heavy atom. The van der Waals surface area contributed by atoms with Crippen molar-refractivity contribution in [3.63, 3.8) is 0 Å². The number of hydrogen-bond acceptors (Lipinski definition) is 1. The summed E-state index contributed by atoms with van der Waals surface area (Å²) < 4.78 is 0. The maximum Gasteiger partial charge on any atom is 0.519 e. The van der Waals surface area contributed by atoms with Crippen LogP contribution < -0.4 is 4.90 Å². The smallest absolute Gasteiger partial charge is 0.371 e. The van der Waals surface area contributed by atoms with Crippen molar-refractivity contribution in [1.82, 2.24) is 0 Å². The molecule has 0 atom stereocenters. The van der Waals surface area contributed by atoms with E-state index in [2.05, 4.69) is 57.9 Å². The first-order chi connectivity index (χ1) is 11.7. The van der Waals surface area contributed by atoms with Crippen LogP contribution in [-0.4, -0.2) is 13.1 Å². The first kappa shape index (κ1) is 17.3. The molecule has 0 N–H and O–H groups in total. The number of rotatable bonds is 6. The highest BCUT2D eigenvalue weighted by Crippen LogP contribution is 2.22. The molecule has 0 fully saturated rings. The molecule has 0 radical (unpaired) electrons. The van der Waals surface area contributed by atoms with Gasteiger partial charge in [-0.15, -0.1) is 0 Å². The van der Waals surface area contributed by atoms with Crippen molar-refractivity contribution in [3.8, 4) is 0 Å². The number of anilines is 1. The molecule has 0 amide bonds. The van der Waals surface area contributed by atoms with E-state index in [1.807, 2.05) is 19.1 Å². The molecular weight excluding hydrogens is 294 g/mol. The van der Waals surface area contributed by atoms with Gasteiger partial charge in [-0.1, -0.05) is 36.4 Å². The monoisotopic (exact) mass is 315 g/mol. The third kappa shape index (κ3) is 4.48. The highest BCUT2D eigenvalue weighted by Gasteiger charge is 2.09. The van der Waals surface area contributed by atoms with E-state index >= 15 is 0 Å². The zero-order valence-corrected chi connectivity index (χ0v) is 14.2. The molecule has 2 rings (SSSR count). The van der Waals surface area contributed by atoms with Crippen LogP contribution in [0.3, 0.4) is 0 Å². The molecule has 2 aromatic carbocycles. The van der Waals surface area contributed by atoms with Gasteiger partial charge in [0.2, 0.25) is 0 Å². The number of hydrogen-bond donors (Lipinski definition) is 0. The van der Waals surface area contributed by atoms with E-state index in [1.165, 1.54) is 11.3 Å². The summed E-state index contributed by atoms with van der Waals surface area (Å²) in [5.41, 5.74) is 4.52. The predicted molar refractivity (Wildman–Crippen MR) is 100 cm³/mol. The molecule has 0 aliphatic rings. The summed E-state index contributed by atoms with van der Waals surface area (Å²) in [6.45, 7) is 20.1. The molecular formula is C21H21N3. The van der Waals surface area contributed by atoms with Crippen molar-refractivity contribution in [3.05, 3.63) is 93.9 Å². The fraction of sp³-hybridized carbons (Fsp3) is 0.238. The molecule has 0 aliphatic carbocycles. The summed E-state index contributed by atoms with van der Waals surface area (Å²) >= 11 is 0. The highest BCUT2D eigenvalue weighted by molar-refractivity contribution is 5.63. The van der Waals surface area contributed by atoms with Crippen molar-refractivity contribution >= 4 is 11.8 Å². The molecule has 0 saturated carbocycles. The van der Waals surface area contributed by atoms with E-state index in [-0.39, 0.29) is 5.82 Å². The molecule has 0 spiro atoms. The zero-order chi connectivity index (χ0) is 17.4. The van der Waals surface area contributed by atoms with Crippen molar-refractivity contribution < 1.29 is 0 Å². The lowest BCUT2D eigenvalue weighted by Crippen LogP contribution is -2.25. The first-order valence-electron chi connectivity index (χ1n) is 8.04. The summed E-state index contributed by atoms with van der Waals surface area (Å²) in [5.74, 6) is 0.0993. The minimum atomic E-state index is 0.0993. The van der Waals surface area contributed by atoms with Crippen LogP contribution in [0.4, 0.5) is 5.69 Å². The zero-order valence-electron chi connectivity index (χ0n) is 14.2. The third-order valence-corrected chi connectivity index (χ3v) is 4.03. The van der Waals surface area contributed by atoms with Crippen LogP contribution >= 0.6 is 0 Å².